The van der Waals surface area contributed by atoms with Crippen molar-refractivity contribution >= 4 is 45.9 Å². The molecule has 0 bridgehead atoms. The highest BCUT2D eigenvalue weighted by Crippen LogP contribution is 2.34. The highest BCUT2D eigenvalue weighted by molar-refractivity contribution is 7.73. The molecule has 2 aromatic rings. The van der Waals surface area contributed by atoms with Gasteiger partial charge in [0.15, 0.2) is 11.6 Å². The molecular formula is C24H42N8O7S. The minimum absolute atomic E-state index is 0.0772. The number of rotatable bonds is 12. The lowest BCUT2D eigenvalue weighted by molar-refractivity contribution is 0.279. The fraction of sp³-hybridized carbons (Fsp3) is 0.750. The quantitative estimate of drug-likeness (QED) is 0.176. The van der Waals surface area contributed by atoms with Gasteiger partial charge >= 0.3 is 0 Å². The van der Waals surface area contributed by atoms with E-state index >= 15 is 0 Å². The maximum atomic E-state index is 9.64. The van der Waals surface area contributed by atoms with Crippen molar-refractivity contribution in [1.82, 2.24) is 19.9 Å². The van der Waals surface area contributed by atoms with Gasteiger partial charge in [0, 0.05) is 52.4 Å². The Morgan fingerprint density at radius 2 is 0.875 bits per heavy atom. The molecule has 0 aliphatic carbocycles. The van der Waals surface area contributed by atoms with E-state index < -0.39 is 11.4 Å². The molecule has 2 fully saturated rings. The first-order valence-corrected chi connectivity index (χ1v) is 14.8. The summed E-state index contributed by atoms with van der Waals surface area (Å²) in [5.41, 5.74) is 1.31. The highest BCUT2D eigenvalue weighted by Gasteiger charge is 2.27. The Labute approximate surface area is 236 Å². The van der Waals surface area contributed by atoms with Gasteiger partial charge in [-0.2, -0.15) is 14.2 Å². The second-order valence-corrected chi connectivity index (χ2v) is 10.0. The van der Waals surface area contributed by atoms with Crippen molar-refractivity contribution in [1.29, 1.82) is 0 Å². The van der Waals surface area contributed by atoms with E-state index in [2.05, 4.69) is 9.80 Å². The molecule has 4 heterocycles. The van der Waals surface area contributed by atoms with Crippen LogP contribution in [0.15, 0.2) is 0 Å². The van der Waals surface area contributed by atoms with Crippen LogP contribution >= 0.6 is 0 Å². The van der Waals surface area contributed by atoms with Crippen molar-refractivity contribution in [2.75, 3.05) is 98.4 Å². The van der Waals surface area contributed by atoms with Crippen molar-refractivity contribution in [2.45, 2.75) is 38.5 Å². The van der Waals surface area contributed by atoms with Gasteiger partial charge in [-0.1, -0.05) is 0 Å². The molecule has 0 spiro atoms. The van der Waals surface area contributed by atoms with E-state index in [-0.39, 0.29) is 26.4 Å². The van der Waals surface area contributed by atoms with Gasteiger partial charge in [0.2, 0.25) is 11.9 Å². The number of anilines is 4. The lowest BCUT2D eigenvalue weighted by Crippen LogP contribution is -2.36. The van der Waals surface area contributed by atoms with Gasteiger partial charge < -0.3 is 40.0 Å². The molecule has 2 aliphatic rings. The third-order valence-corrected chi connectivity index (χ3v) is 6.84. The maximum Gasteiger partial charge on any atom is 0.299 e. The Kier molecular flexibility index (Phi) is 13.4. The van der Waals surface area contributed by atoms with Gasteiger partial charge in [-0.25, -0.2) is 9.97 Å². The van der Waals surface area contributed by atoms with Crippen molar-refractivity contribution in [3.8, 4) is 0 Å². The van der Waals surface area contributed by atoms with Crippen LogP contribution in [0.4, 0.5) is 23.5 Å². The molecule has 16 heteroatoms. The predicted octanol–water partition coefficient (Wildman–Crippen LogP) is -0.336. The van der Waals surface area contributed by atoms with Gasteiger partial charge in [-0.15, -0.1) is 0 Å². The van der Waals surface area contributed by atoms with Crippen LogP contribution in [-0.4, -0.2) is 132 Å². The predicted molar refractivity (Wildman–Crippen MR) is 153 cm³/mol. The van der Waals surface area contributed by atoms with Gasteiger partial charge in [-0.3, -0.25) is 9.11 Å². The average Bonchev–Trinajstić information content (AvgIpc) is 2.96. The van der Waals surface area contributed by atoms with Crippen molar-refractivity contribution in [3.05, 3.63) is 0 Å². The van der Waals surface area contributed by atoms with Crippen molar-refractivity contribution < 1.29 is 33.7 Å². The molecular weight excluding hydrogens is 544 g/mol. The summed E-state index contributed by atoms with van der Waals surface area (Å²) in [6.07, 6.45) is 6.61. The second kappa shape index (κ2) is 16.7. The highest BCUT2D eigenvalue weighted by atomic mass is 32.2. The standard InChI is InChI=1S/C24H40N8O4.H2O3S/c33-15-11-31(12-16-34)23-26-20-19(21(27-23)29-7-3-1-4-8-29)25-24(32(13-17-35)14-18-36)28-22(20)30-9-5-2-6-10-30;1-4(2)3/h33-36H,1-18H2;(H2,1,2,3). The van der Waals surface area contributed by atoms with Crippen LogP contribution in [0.1, 0.15) is 38.5 Å². The molecule has 226 valence electrons. The molecule has 2 saturated heterocycles. The SMILES string of the molecule is O=S(O)O.OCCN(CCO)c1nc(N2CCCCC2)c2nc(N(CCO)CCO)nc(N3CCCCC3)c2n1. The lowest BCUT2D eigenvalue weighted by atomic mass is 10.1. The molecule has 40 heavy (non-hydrogen) atoms. The third-order valence-electron chi connectivity index (χ3n) is 6.84. The Morgan fingerprint density at radius 1 is 0.575 bits per heavy atom. The molecule has 0 radical (unpaired) electrons. The van der Waals surface area contributed by atoms with Gasteiger partial charge in [0.05, 0.1) is 26.4 Å². The van der Waals surface area contributed by atoms with Crippen LogP contribution in [0.5, 0.6) is 0 Å². The van der Waals surface area contributed by atoms with E-state index in [0.29, 0.717) is 49.1 Å². The van der Waals surface area contributed by atoms with Gasteiger partial charge in [-0.05, 0) is 38.5 Å². The Morgan fingerprint density at radius 3 is 1.15 bits per heavy atom. The third kappa shape index (κ3) is 8.76. The number of piperidine rings is 2. The number of nitrogens with zero attached hydrogens (tertiary/aromatic N) is 8. The van der Waals surface area contributed by atoms with E-state index in [9.17, 15) is 20.4 Å². The Hall–Kier alpha value is -2.47. The molecule has 6 N–H and O–H groups in total. The number of aliphatic hydroxyl groups excluding tert-OH is 4. The zero-order chi connectivity index (χ0) is 28.9. The number of fused-ring (bicyclic) bond motifs is 1. The van der Waals surface area contributed by atoms with E-state index in [1.165, 1.54) is 12.8 Å². The van der Waals surface area contributed by atoms with Crippen molar-refractivity contribution in [3.63, 3.8) is 0 Å². The molecule has 0 aromatic carbocycles. The summed E-state index contributed by atoms with van der Waals surface area (Å²) in [5, 5.41) is 38.6. The fourth-order valence-corrected chi connectivity index (χ4v) is 5.00. The van der Waals surface area contributed by atoms with E-state index in [0.717, 1.165) is 63.5 Å². The first-order chi connectivity index (χ1) is 19.4. The smallest absolute Gasteiger partial charge is 0.299 e. The molecule has 15 nitrogen and oxygen atoms in total. The van der Waals surface area contributed by atoms with Crippen LogP contribution in [0.2, 0.25) is 0 Å². The van der Waals surface area contributed by atoms with Crippen LogP contribution in [0.25, 0.3) is 11.0 Å². The summed E-state index contributed by atoms with van der Waals surface area (Å²) in [7, 11) is 0. The van der Waals surface area contributed by atoms with E-state index in [1.54, 1.807) is 9.80 Å². The fourth-order valence-electron chi connectivity index (χ4n) is 5.00. The summed E-state index contributed by atoms with van der Waals surface area (Å²) < 4.78 is 22.8. The number of aliphatic hydroxyl groups is 4. The first kappa shape index (κ1) is 32.0. The molecule has 0 atom stereocenters. The maximum absolute atomic E-state index is 9.64. The Bertz CT molecular complexity index is 980. The number of hydrogen-bond acceptors (Lipinski definition) is 13. The summed E-state index contributed by atoms with van der Waals surface area (Å²) in [4.78, 5) is 27.8. The molecule has 2 aliphatic heterocycles. The van der Waals surface area contributed by atoms with Crippen molar-refractivity contribution in [2.24, 2.45) is 0 Å². The number of hydrogen-bond donors (Lipinski definition) is 6. The molecule has 0 saturated carbocycles. The van der Waals surface area contributed by atoms with Crippen LogP contribution in [0.3, 0.4) is 0 Å². The minimum atomic E-state index is -2.61. The van der Waals surface area contributed by atoms with Crippen LogP contribution in [0, 0.1) is 0 Å². The summed E-state index contributed by atoms with van der Waals surface area (Å²) in [5.74, 6) is 2.35. The summed E-state index contributed by atoms with van der Waals surface area (Å²) in [6.45, 7) is 4.38. The normalized spacial score (nSPS) is 15.8. The topological polar surface area (TPSA) is 203 Å². The summed E-state index contributed by atoms with van der Waals surface area (Å²) in [6, 6.07) is 0. The summed E-state index contributed by atoms with van der Waals surface area (Å²) >= 11 is -2.61. The largest absolute Gasteiger partial charge is 0.395 e. The second-order valence-electron chi connectivity index (χ2n) is 9.59. The number of aromatic nitrogens is 4. The van der Waals surface area contributed by atoms with Crippen LogP contribution < -0.4 is 19.6 Å². The van der Waals surface area contributed by atoms with E-state index in [4.69, 9.17) is 33.3 Å². The molecule has 2 aromatic heterocycles. The minimum Gasteiger partial charge on any atom is -0.395 e. The Balaban J connectivity index is 0.00000103. The van der Waals surface area contributed by atoms with Gasteiger partial charge in [0.25, 0.3) is 11.4 Å². The zero-order valence-corrected chi connectivity index (χ0v) is 23.6. The van der Waals surface area contributed by atoms with Gasteiger partial charge in [0.1, 0.15) is 11.0 Å². The van der Waals surface area contributed by atoms with E-state index in [1.807, 2.05) is 0 Å². The molecule has 0 unspecified atom stereocenters. The first-order valence-electron chi connectivity index (χ1n) is 13.8. The monoisotopic (exact) mass is 586 g/mol. The molecule has 4 rings (SSSR count). The molecule has 0 amide bonds. The van der Waals surface area contributed by atoms with Crippen LogP contribution in [-0.2, 0) is 11.4 Å². The average molecular weight is 587 g/mol. The lowest BCUT2D eigenvalue weighted by Gasteiger charge is -2.33. The zero-order valence-electron chi connectivity index (χ0n) is 22.8.